The SMILES string of the molecule is COC(=O)C(NCC(=O)N(C)C1=CCCC1)C(C)C. The van der Waals surface area contributed by atoms with Gasteiger partial charge in [0.1, 0.15) is 6.04 Å². The quantitative estimate of drug-likeness (QED) is 0.738. The lowest BCUT2D eigenvalue weighted by molar-refractivity contribution is -0.144. The van der Waals surface area contributed by atoms with Crippen LogP contribution in [0.15, 0.2) is 11.8 Å². The molecule has 0 saturated carbocycles. The molecule has 1 rings (SSSR count). The molecule has 0 spiro atoms. The first-order valence-electron chi connectivity index (χ1n) is 6.74. The molecule has 1 unspecified atom stereocenters. The second-order valence-corrected chi connectivity index (χ2v) is 5.17. The number of nitrogens with one attached hydrogen (secondary N) is 1. The van der Waals surface area contributed by atoms with Gasteiger partial charge in [-0.25, -0.2) is 0 Å². The third kappa shape index (κ3) is 4.35. The van der Waals surface area contributed by atoms with Crippen molar-refractivity contribution in [3.8, 4) is 0 Å². The number of allylic oxidation sites excluding steroid dienone is 2. The van der Waals surface area contributed by atoms with Crippen molar-refractivity contribution in [3.63, 3.8) is 0 Å². The number of carbonyl (C=O) groups excluding carboxylic acids is 2. The molecule has 0 aromatic rings. The van der Waals surface area contributed by atoms with Crippen molar-refractivity contribution in [2.45, 2.75) is 39.2 Å². The minimum atomic E-state index is -0.445. The van der Waals surface area contributed by atoms with E-state index in [0.29, 0.717) is 0 Å². The van der Waals surface area contributed by atoms with E-state index in [0.717, 1.165) is 25.0 Å². The van der Waals surface area contributed by atoms with Crippen LogP contribution in [0.1, 0.15) is 33.1 Å². The Hall–Kier alpha value is -1.36. The number of carbonyl (C=O) groups is 2. The summed E-state index contributed by atoms with van der Waals surface area (Å²) in [6.07, 6.45) is 5.19. The highest BCUT2D eigenvalue weighted by molar-refractivity contribution is 5.81. The Balaban J connectivity index is 2.49. The number of methoxy groups -OCH3 is 1. The van der Waals surface area contributed by atoms with E-state index in [1.165, 1.54) is 7.11 Å². The minimum Gasteiger partial charge on any atom is -0.468 e. The van der Waals surface area contributed by atoms with Crippen molar-refractivity contribution in [1.29, 1.82) is 0 Å². The number of rotatable bonds is 6. The molecule has 1 atom stereocenters. The zero-order valence-electron chi connectivity index (χ0n) is 12.2. The summed E-state index contributed by atoms with van der Waals surface area (Å²) in [5, 5.41) is 2.98. The van der Waals surface area contributed by atoms with E-state index in [2.05, 4.69) is 11.4 Å². The molecule has 0 fully saturated rings. The first-order chi connectivity index (χ1) is 8.97. The zero-order valence-corrected chi connectivity index (χ0v) is 12.2. The molecule has 0 heterocycles. The molecule has 0 bridgehead atoms. The molecule has 1 amide bonds. The highest BCUT2D eigenvalue weighted by atomic mass is 16.5. The highest BCUT2D eigenvalue weighted by Crippen LogP contribution is 2.20. The topological polar surface area (TPSA) is 58.6 Å². The first-order valence-corrected chi connectivity index (χ1v) is 6.74. The van der Waals surface area contributed by atoms with Crippen molar-refractivity contribution < 1.29 is 14.3 Å². The normalized spacial score (nSPS) is 16.2. The lowest BCUT2D eigenvalue weighted by atomic mass is 10.0. The molecule has 108 valence electrons. The van der Waals surface area contributed by atoms with E-state index in [1.807, 2.05) is 13.8 Å². The van der Waals surface area contributed by atoms with Crippen LogP contribution < -0.4 is 5.32 Å². The van der Waals surface area contributed by atoms with Crippen LogP contribution in [0.4, 0.5) is 0 Å². The van der Waals surface area contributed by atoms with E-state index >= 15 is 0 Å². The van der Waals surface area contributed by atoms with E-state index in [9.17, 15) is 9.59 Å². The van der Waals surface area contributed by atoms with Crippen molar-refractivity contribution in [2.75, 3.05) is 20.7 Å². The lowest BCUT2D eigenvalue weighted by Crippen LogP contribution is -2.46. The second-order valence-electron chi connectivity index (χ2n) is 5.17. The van der Waals surface area contributed by atoms with Gasteiger partial charge >= 0.3 is 5.97 Å². The highest BCUT2D eigenvalue weighted by Gasteiger charge is 2.24. The monoisotopic (exact) mass is 268 g/mol. The summed E-state index contributed by atoms with van der Waals surface area (Å²) in [7, 11) is 3.14. The van der Waals surface area contributed by atoms with Gasteiger partial charge in [-0.2, -0.15) is 0 Å². The predicted molar refractivity (Wildman–Crippen MR) is 73.3 cm³/mol. The standard InChI is InChI=1S/C14H24N2O3/c1-10(2)13(14(18)19-4)15-9-12(17)16(3)11-7-5-6-8-11/h7,10,13,15H,5-6,8-9H2,1-4H3. The van der Waals surface area contributed by atoms with E-state index < -0.39 is 6.04 Å². The minimum absolute atomic E-state index is 0.0253. The Morgan fingerprint density at radius 2 is 2.16 bits per heavy atom. The number of hydrogen-bond acceptors (Lipinski definition) is 4. The van der Waals surface area contributed by atoms with Crippen LogP contribution >= 0.6 is 0 Å². The Morgan fingerprint density at radius 1 is 1.47 bits per heavy atom. The summed E-state index contributed by atoms with van der Waals surface area (Å²) >= 11 is 0. The molecule has 0 saturated heterocycles. The number of ether oxygens (including phenoxy) is 1. The summed E-state index contributed by atoms with van der Waals surface area (Å²) in [6.45, 7) is 3.98. The zero-order chi connectivity index (χ0) is 14.4. The van der Waals surface area contributed by atoms with Gasteiger partial charge in [0, 0.05) is 12.7 Å². The summed E-state index contributed by atoms with van der Waals surface area (Å²) < 4.78 is 4.73. The third-order valence-electron chi connectivity index (χ3n) is 3.42. The molecule has 1 aliphatic carbocycles. The second kappa shape index (κ2) is 7.28. The maximum atomic E-state index is 12.0. The van der Waals surface area contributed by atoms with Crippen LogP contribution in [0.3, 0.4) is 0 Å². The van der Waals surface area contributed by atoms with Crippen molar-refractivity contribution >= 4 is 11.9 Å². The molecule has 5 heteroatoms. The molecule has 0 aromatic heterocycles. The maximum Gasteiger partial charge on any atom is 0.323 e. The Labute approximate surface area is 115 Å². The largest absolute Gasteiger partial charge is 0.468 e. The van der Waals surface area contributed by atoms with Crippen molar-refractivity contribution in [3.05, 3.63) is 11.8 Å². The van der Waals surface area contributed by atoms with Crippen LogP contribution in [0.2, 0.25) is 0 Å². The van der Waals surface area contributed by atoms with Gasteiger partial charge in [0.25, 0.3) is 0 Å². The van der Waals surface area contributed by atoms with Gasteiger partial charge in [0.15, 0.2) is 0 Å². The van der Waals surface area contributed by atoms with Gasteiger partial charge < -0.3 is 9.64 Å². The van der Waals surface area contributed by atoms with Crippen LogP contribution in [0.5, 0.6) is 0 Å². The molecule has 0 aliphatic heterocycles. The summed E-state index contributed by atoms with van der Waals surface area (Å²) in [4.78, 5) is 25.3. The lowest BCUT2D eigenvalue weighted by Gasteiger charge is -2.23. The molecular formula is C14H24N2O3. The van der Waals surface area contributed by atoms with Crippen LogP contribution in [-0.4, -0.2) is 43.5 Å². The fourth-order valence-electron chi connectivity index (χ4n) is 2.15. The summed E-state index contributed by atoms with van der Waals surface area (Å²) in [5.74, 6) is -0.274. The predicted octanol–water partition coefficient (Wildman–Crippen LogP) is 1.30. The molecule has 0 aromatic carbocycles. The molecule has 1 aliphatic rings. The fourth-order valence-corrected chi connectivity index (χ4v) is 2.15. The smallest absolute Gasteiger partial charge is 0.323 e. The molecule has 5 nitrogen and oxygen atoms in total. The number of nitrogens with zero attached hydrogens (tertiary/aromatic N) is 1. The van der Waals surface area contributed by atoms with Gasteiger partial charge in [0.05, 0.1) is 13.7 Å². The van der Waals surface area contributed by atoms with Gasteiger partial charge in [0.2, 0.25) is 5.91 Å². The Morgan fingerprint density at radius 3 is 2.63 bits per heavy atom. The molecule has 19 heavy (non-hydrogen) atoms. The van der Waals surface area contributed by atoms with Gasteiger partial charge in [-0.05, 0) is 25.2 Å². The number of esters is 1. The summed E-state index contributed by atoms with van der Waals surface area (Å²) in [5.41, 5.74) is 1.07. The molecular weight excluding hydrogens is 244 g/mol. The Bertz CT molecular complexity index is 364. The van der Waals surface area contributed by atoms with Crippen molar-refractivity contribution in [2.24, 2.45) is 5.92 Å². The van der Waals surface area contributed by atoms with E-state index in [-0.39, 0.29) is 24.3 Å². The van der Waals surface area contributed by atoms with Crippen molar-refractivity contribution in [1.82, 2.24) is 10.2 Å². The van der Waals surface area contributed by atoms with E-state index in [1.54, 1.807) is 11.9 Å². The third-order valence-corrected chi connectivity index (χ3v) is 3.42. The molecule has 1 N–H and O–H groups in total. The van der Waals surface area contributed by atoms with E-state index in [4.69, 9.17) is 4.74 Å². The van der Waals surface area contributed by atoms with Crippen LogP contribution in [0, 0.1) is 5.92 Å². The first kappa shape index (κ1) is 15.7. The van der Waals surface area contributed by atoms with Crippen LogP contribution in [0.25, 0.3) is 0 Å². The van der Waals surface area contributed by atoms with Gasteiger partial charge in [-0.1, -0.05) is 19.9 Å². The Kier molecular flexibility index (Phi) is 6.02. The number of hydrogen-bond donors (Lipinski definition) is 1. The maximum absolute atomic E-state index is 12.0. The van der Waals surface area contributed by atoms with Gasteiger partial charge in [-0.3, -0.25) is 14.9 Å². The fraction of sp³-hybridized carbons (Fsp3) is 0.714. The summed E-state index contributed by atoms with van der Waals surface area (Å²) in [6, 6.07) is -0.445. The van der Waals surface area contributed by atoms with Gasteiger partial charge in [-0.15, -0.1) is 0 Å². The average molecular weight is 268 g/mol. The van der Waals surface area contributed by atoms with Crippen LogP contribution in [-0.2, 0) is 14.3 Å². The molecule has 0 radical (unpaired) electrons. The number of likely N-dealkylation sites (N-methyl/N-ethyl adjacent to an activating group) is 1. The average Bonchev–Trinajstić information content (AvgIpc) is 2.90. The number of amides is 1.